The number of hydrogen-bond donors (Lipinski definition) is 1. The van der Waals surface area contributed by atoms with Gasteiger partial charge in [0.05, 0.1) is 4.90 Å². The number of hydrogen-bond acceptors (Lipinski definition) is 3. The lowest BCUT2D eigenvalue weighted by molar-refractivity contribution is 0.300. The lowest BCUT2D eigenvalue weighted by atomic mass is 9.89. The molecule has 0 spiro atoms. The summed E-state index contributed by atoms with van der Waals surface area (Å²) in [6.07, 6.45) is 6.01. The van der Waals surface area contributed by atoms with E-state index >= 15 is 0 Å². The molecule has 0 atom stereocenters. The highest BCUT2D eigenvalue weighted by Crippen LogP contribution is 2.27. The first-order valence-electron chi connectivity index (χ1n) is 7.71. The van der Waals surface area contributed by atoms with Crippen molar-refractivity contribution in [2.45, 2.75) is 50.5 Å². The van der Waals surface area contributed by atoms with E-state index in [-0.39, 0.29) is 0 Å². The first kappa shape index (κ1) is 16.5. The van der Waals surface area contributed by atoms with E-state index < -0.39 is 10.0 Å². The van der Waals surface area contributed by atoms with E-state index in [0.29, 0.717) is 23.9 Å². The largest absolute Gasteiger partial charge is 0.326 e. The Bertz CT molecular complexity index is 578. The maximum absolute atomic E-state index is 12.8. The Labute approximate surface area is 128 Å². The van der Waals surface area contributed by atoms with Crippen LogP contribution in [0.25, 0.3) is 0 Å². The molecule has 1 fully saturated rings. The summed E-state index contributed by atoms with van der Waals surface area (Å²) in [5.74, 6) is 0.497. The lowest BCUT2D eigenvalue weighted by Gasteiger charge is -2.27. The van der Waals surface area contributed by atoms with Crippen molar-refractivity contribution in [2.75, 3.05) is 13.6 Å². The zero-order chi connectivity index (χ0) is 15.5. The van der Waals surface area contributed by atoms with Gasteiger partial charge in [-0.25, -0.2) is 12.7 Å². The van der Waals surface area contributed by atoms with Gasteiger partial charge < -0.3 is 5.73 Å². The van der Waals surface area contributed by atoms with Gasteiger partial charge in [0.15, 0.2) is 0 Å². The average molecular weight is 310 g/mol. The second-order valence-corrected chi connectivity index (χ2v) is 8.05. The molecule has 21 heavy (non-hydrogen) atoms. The predicted molar refractivity (Wildman–Crippen MR) is 85.5 cm³/mol. The standard InChI is InChI=1S/C16H26N2O2S/c1-13-15(11-17)9-6-10-16(13)21(19,20)18(2)12-14-7-4-3-5-8-14/h6,9-10,14H,3-5,7-8,11-12,17H2,1-2H3. The van der Waals surface area contributed by atoms with Crippen LogP contribution in [-0.4, -0.2) is 26.3 Å². The van der Waals surface area contributed by atoms with Crippen LogP contribution in [0.3, 0.4) is 0 Å². The zero-order valence-corrected chi connectivity index (χ0v) is 13.8. The maximum Gasteiger partial charge on any atom is 0.243 e. The fraction of sp³-hybridized carbons (Fsp3) is 0.625. The highest BCUT2D eigenvalue weighted by molar-refractivity contribution is 7.89. The number of rotatable bonds is 5. The number of nitrogens with zero attached hydrogens (tertiary/aromatic N) is 1. The molecule has 0 radical (unpaired) electrons. The molecule has 0 saturated heterocycles. The van der Waals surface area contributed by atoms with Crippen LogP contribution in [-0.2, 0) is 16.6 Å². The van der Waals surface area contributed by atoms with Gasteiger partial charge in [-0.15, -0.1) is 0 Å². The third-order valence-electron chi connectivity index (χ3n) is 4.54. The second kappa shape index (κ2) is 6.90. The van der Waals surface area contributed by atoms with Gasteiger partial charge in [0, 0.05) is 20.1 Å². The summed E-state index contributed by atoms with van der Waals surface area (Å²) in [5, 5.41) is 0. The van der Waals surface area contributed by atoms with Crippen LogP contribution in [0.15, 0.2) is 23.1 Å². The van der Waals surface area contributed by atoms with E-state index in [1.54, 1.807) is 19.2 Å². The highest BCUT2D eigenvalue weighted by atomic mass is 32.2. The van der Waals surface area contributed by atoms with Gasteiger partial charge >= 0.3 is 0 Å². The van der Waals surface area contributed by atoms with E-state index in [9.17, 15) is 8.42 Å². The molecule has 1 aromatic carbocycles. The summed E-state index contributed by atoms with van der Waals surface area (Å²) in [7, 11) is -1.73. The second-order valence-electron chi connectivity index (χ2n) is 6.03. The Balaban J connectivity index is 2.20. The van der Waals surface area contributed by atoms with Crippen LogP contribution in [0.2, 0.25) is 0 Å². The Hall–Kier alpha value is -0.910. The smallest absolute Gasteiger partial charge is 0.243 e. The van der Waals surface area contributed by atoms with E-state index in [0.717, 1.165) is 24.0 Å². The number of sulfonamides is 1. The number of nitrogens with two attached hydrogens (primary N) is 1. The van der Waals surface area contributed by atoms with Gasteiger partial charge in [0.2, 0.25) is 10.0 Å². The molecule has 5 heteroatoms. The van der Waals surface area contributed by atoms with Crippen LogP contribution in [0.1, 0.15) is 43.2 Å². The molecule has 0 amide bonds. The van der Waals surface area contributed by atoms with Crippen LogP contribution < -0.4 is 5.73 Å². The van der Waals surface area contributed by atoms with Gasteiger partial charge in [-0.2, -0.15) is 0 Å². The van der Waals surface area contributed by atoms with E-state index in [4.69, 9.17) is 5.73 Å². The molecule has 118 valence electrons. The molecular formula is C16H26N2O2S. The van der Waals surface area contributed by atoms with Crippen LogP contribution in [0, 0.1) is 12.8 Å². The first-order chi connectivity index (χ1) is 9.96. The lowest BCUT2D eigenvalue weighted by Crippen LogP contribution is -2.33. The summed E-state index contributed by atoms with van der Waals surface area (Å²) in [6, 6.07) is 5.34. The molecule has 1 aliphatic rings. The Morgan fingerprint density at radius 2 is 1.90 bits per heavy atom. The van der Waals surface area contributed by atoms with Gasteiger partial charge in [0.25, 0.3) is 0 Å². The Morgan fingerprint density at radius 1 is 1.24 bits per heavy atom. The predicted octanol–water partition coefficient (Wildman–Crippen LogP) is 2.65. The van der Waals surface area contributed by atoms with Gasteiger partial charge in [-0.1, -0.05) is 31.4 Å². The molecule has 1 aliphatic carbocycles. The van der Waals surface area contributed by atoms with Crippen molar-refractivity contribution in [3.63, 3.8) is 0 Å². The third-order valence-corrected chi connectivity index (χ3v) is 6.51. The molecule has 0 heterocycles. The minimum absolute atomic E-state index is 0.363. The Kier molecular flexibility index (Phi) is 5.41. The molecule has 0 aromatic heterocycles. The summed E-state index contributed by atoms with van der Waals surface area (Å²) >= 11 is 0. The fourth-order valence-electron chi connectivity index (χ4n) is 3.16. The molecule has 2 N–H and O–H groups in total. The molecule has 4 nitrogen and oxygen atoms in total. The SMILES string of the molecule is Cc1c(CN)cccc1S(=O)(=O)N(C)CC1CCCCC1. The van der Waals surface area contributed by atoms with E-state index in [1.165, 1.54) is 23.6 Å². The molecule has 0 aliphatic heterocycles. The monoisotopic (exact) mass is 310 g/mol. The van der Waals surface area contributed by atoms with Crippen LogP contribution >= 0.6 is 0 Å². The van der Waals surface area contributed by atoms with Crippen molar-refractivity contribution in [1.29, 1.82) is 0 Å². The minimum Gasteiger partial charge on any atom is -0.326 e. The highest BCUT2D eigenvalue weighted by Gasteiger charge is 2.26. The number of benzene rings is 1. The van der Waals surface area contributed by atoms with Crippen molar-refractivity contribution in [3.8, 4) is 0 Å². The topological polar surface area (TPSA) is 63.4 Å². The van der Waals surface area contributed by atoms with Crippen molar-refractivity contribution in [1.82, 2.24) is 4.31 Å². The summed E-state index contributed by atoms with van der Waals surface area (Å²) < 4.78 is 27.1. The molecular weight excluding hydrogens is 284 g/mol. The van der Waals surface area contributed by atoms with Gasteiger partial charge in [-0.05, 0) is 42.9 Å². The summed E-state index contributed by atoms with van der Waals surface area (Å²) in [5.41, 5.74) is 7.34. The minimum atomic E-state index is -3.42. The van der Waals surface area contributed by atoms with Crippen LogP contribution in [0.4, 0.5) is 0 Å². The molecule has 0 unspecified atom stereocenters. The fourth-order valence-corrected chi connectivity index (χ4v) is 4.67. The molecule has 0 bridgehead atoms. The van der Waals surface area contributed by atoms with E-state index in [2.05, 4.69) is 0 Å². The first-order valence-corrected chi connectivity index (χ1v) is 9.15. The molecule has 2 rings (SSSR count). The van der Waals surface area contributed by atoms with Crippen molar-refractivity contribution < 1.29 is 8.42 Å². The van der Waals surface area contributed by atoms with Crippen LogP contribution in [0.5, 0.6) is 0 Å². The summed E-state index contributed by atoms with van der Waals surface area (Å²) in [6.45, 7) is 2.82. The molecule has 1 aromatic rings. The van der Waals surface area contributed by atoms with Crippen molar-refractivity contribution in [3.05, 3.63) is 29.3 Å². The van der Waals surface area contributed by atoms with Crippen molar-refractivity contribution >= 4 is 10.0 Å². The molecule has 1 saturated carbocycles. The maximum atomic E-state index is 12.8. The van der Waals surface area contributed by atoms with E-state index in [1.807, 2.05) is 13.0 Å². The Morgan fingerprint density at radius 3 is 2.52 bits per heavy atom. The quantitative estimate of drug-likeness (QED) is 0.909. The normalized spacial score (nSPS) is 17.3. The van der Waals surface area contributed by atoms with Gasteiger partial charge in [-0.3, -0.25) is 0 Å². The van der Waals surface area contributed by atoms with Crippen molar-refractivity contribution in [2.24, 2.45) is 11.7 Å². The summed E-state index contributed by atoms with van der Waals surface area (Å²) in [4.78, 5) is 0.392. The third kappa shape index (κ3) is 3.65. The average Bonchev–Trinajstić information content (AvgIpc) is 2.48. The zero-order valence-electron chi connectivity index (χ0n) is 13.0. The van der Waals surface area contributed by atoms with Gasteiger partial charge in [0.1, 0.15) is 0 Å².